The van der Waals surface area contributed by atoms with Crippen LogP contribution in [-0.4, -0.2) is 61.8 Å². The summed E-state index contributed by atoms with van der Waals surface area (Å²) >= 11 is 0. The Morgan fingerprint density at radius 3 is 2.34 bits per heavy atom. The number of piperidine rings is 1. The molecule has 1 fully saturated rings. The number of carbonyl (C=O) groups is 2. The quantitative estimate of drug-likeness (QED) is 0.629. The van der Waals surface area contributed by atoms with Gasteiger partial charge < -0.3 is 9.64 Å². The van der Waals surface area contributed by atoms with Gasteiger partial charge in [0.1, 0.15) is 0 Å². The van der Waals surface area contributed by atoms with Gasteiger partial charge in [-0.25, -0.2) is 13.2 Å². The maximum absolute atomic E-state index is 12.8. The van der Waals surface area contributed by atoms with Gasteiger partial charge in [-0.2, -0.15) is 4.31 Å². The molecule has 0 bridgehead atoms. The van der Waals surface area contributed by atoms with Crippen molar-refractivity contribution in [1.29, 1.82) is 0 Å². The molecule has 0 aromatic heterocycles. The summed E-state index contributed by atoms with van der Waals surface area (Å²) in [5.41, 5.74) is 0.755. The predicted molar refractivity (Wildman–Crippen MR) is 111 cm³/mol. The van der Waals surface area contributed by atoms with E-state index in [4.69, 9.17) is 4.74 Å². The molecule has 162 valence electrons. The third-order valence-corrected chi connectivity index (χ3v) is 7.54. The molecule has 1 saturated heterocycles. The van der Waals surface area contributed by atoms with Crippen molar-refractivity contribution in [2.24, 2.45) is 5.92 Å². The topological polar surface area (TPSA) is 84.0 Å². The van der Waals surface area contributed by atoms with E-state index in [0.29, 0.717) is 37.7 Å². The summed E-state index contributed by atoms with van der Waals surface area (Å²) in [5.74, 6) is -0.310. The summed E-state index contributed by atoms with van der Waals surface area (Å²) in [6.45, 7) is 11.0. The van der Waals surface area contributed by atoms with Crippen molar-refractivity contribution in [3.63, 3.8) is 0 Å². The molecule has 1 aliphatic heterocycles. The molecule has 7 nitrogen and oxygen atoms in total. The van der Waals surface area contributed by atoms with Crippen molar-refractivity contribution in [1.82, 2.24) is 9.21 Å². The number of carbonyl (C=O) groups excluding carboxylic acids is 2. The van der Waals surface area contributed by atoms with E-state index in [1.54, 1.807) is 38.7 Å². The Labute approximate surface area is 174 Å². The van der Waals surface area contributed by atoms with Crippen LogP contribution in [0.25, 0.3) is 0 Å². The van der Waals surface area contributed by atoms with Crippen LogP contribution in [-0.2, 0) is 19.6 Å². The summed E-state index contributed by atoms with van der Waals surface area (Å²) in [4.78, 5) is 27.1. The van der Waals surface area contributed by atoms with Crippen LogP contribution in [0.2, 0.25) is 0 Å². The fraction of sp³-hybridized carbons (Fsp3) is 0.619. The van der Waals surface area contributed by atoms with Gasteiger partial charge in [-0.15, -0.1) is 0 Å². The van der Waals surface area contributed by atoms with Crippen LogP contribution in [0.5, 0.6) is 0 Å². The minimum atomic E-state index is -3.69. The van der Waals surface area contributed by atoms with Crippen molar-refractivity contribution in [3.05, 3.63) is 29.3 Å². The summed E-state index contributed by atoms with van der Waals surface area (Å²) in [6, 6.07) is 4.42. The fourth-order valence-corrected chi connectivity index (χ4v) is 4.94. The van der Waals surface area contributed by atoms with Crippen LogP contribution in [0.3, 0.4) is 0 Å². The molecule has 0 N–H and O–H groups in total. The molecule has 0 saturated carbocycles. The second-order valence-electron chi connectivity index (χ2n) is 7.62. The SMILES string of the molecule is CCN(CC)S(=O)(=O)c1ccc(C)c(C(=O)OC(C)C(=O)N2CCC(C)CC2)c1. The lowest BCUT2D eigenvalue weighted by Gasteiger charge is -2.32. The lowest BCUT2D eigenvalue weighted by molar-refractivity contribution is -0.141. The van der Waals surface area contributed by atoms with Crippen molar-refractivity contribution < 1.29 is 22.7 Å². The maximum atomic E-state index is 12.8. The van der Waals surface area contributed by atoms with Crippen molar-refractivity contribution >= 4 is 21.9 Å². The molecule has 1 aliphatic rings. The van der Waals surface area contributed by atoms with Crippen LogP contribution in [0.4, 0.5) is 0 Å². The third kappa shape index (κ3) is 5.36. The first-order chi connectivity index (χ1) is 13.6. The molecule has 1 amide bonds. The maximum Gasteiger partial charge on any atom is 0.339 e. The minimum Gasteiger partial charge on any atom is -0.449 e. The molecule has 0 radical (unpaired) electrons. The normalized spacial score (nSPS) is 16.7. The van der Waals surface area contributed by atoms with Gasteiger partial charge in [0, 0.05) is 26.2 Å². The molecular formula is C21H32N2O5S. The fourth-order valence-electron chi connectivity index (χ4n) is 3.45. The van der Waals surface area contributed by atoms with E-state index < -0.39 is 22.1 Å². The van der Waals surface area contributed by atoms with Crippen molar-refractivity contribution in [3.8, 4) is 0 Å². The Bertz CT molecular complexity index is 841. The molecule has 8 heteroatoms. The zero-order valence-electron chi connectivity index (χ0n) is 18.0. The highest BCUT2D eigenvalue weighted by molar-refractivity contribution is 7.89. The molecule has 1 aromatic rings. The van der Waals surface area contributed by atoms with E-state index in [2.05, 4.69) is 6.92 Å². The molecule has 2 rings (SSSR count). The number of aryl methyl sites for hydroxylation is 1. The number of amides is 1. The first-order valence-corrected chi connectivity index (χ1v) is 11.7. The number of ether oxygens (including phenoxy) is 1. The van der Waals surface area contributed by atoms with Crippen LogP contribution >= 0.6 is 0 Å². The highest BCUT2D eigenvalue weighted by Crippen LogP contribution is 2.21. The van der Waals surface area contributed by atoms with Gasteiger partial charge >= 0.3 is 5.97 Å². The van der Waals surface area contributed by atoms with Crippen molar-refractivity contribution in [2.45, 2.75) is 58.5 Å². The second kappa shape index (κ2) is 9.71. The number of nitrogens with zero attached hydrogens (tertiary/aromatic N) is 2. The lowest BCUT2D eigenvalue weighted by atomic mass is 9.99. The van der Waals surface area contributed by atoms with E-state index in [-0.39, 0.29) is 16.4 Å². The zero-order valence-corrected chi connectivity index (χ0v) is 18.8. The zero-order chi connectivity index (χ0) is 21.8. The van der Waals surface area contributed by atoms with E-state index >= 15 is 0 Å². The van der Waals surface area contributed by atoms with Gasteiger partial charge in [0.25, 0.3) is 5.91 Å². The van der Waals surface area contributed by atoms with Crippen LogP contribution in [0.1, 0.15) is 56.5 Å². The average Bonchev–Trinajstić information content (AvgIpc) is 2.68. The Hall–Kier alpha value is -1.93. The summed E-state index contributed by atoms with van der Waals surface area (Å²) in [6.07, 6.45) is 0.964. The van der Waals surface area contributed by atoms with Gasteiger partial charge in [-0.05, 0) is 50.3 Å². The third-order valence-electron chi connectivity index (χ3n) is 5.50. The standard InChI is InChI=1S/C21H32N2O5S/c1-6-23(7-2)29(26,27)18-9-8-16(4)19(14-18)21(25)28-17(5)20(24)22-12-10-15(3)11-13-22/h8-9,14-15,17H,6-7,10-13H2,1-5H3. The van der Waals surface area contributed by atoms with Gasteiger partial charge in [0.05, 0.1) is 10.5 Å². The van der Waals surface area contributed by atoms with Gasteiger partial charge in [0.2, 0.25) is 10.0 Å². The number of sulfonamides is 1. The van der Waals surface area contributed by atoms with Crippen LogP contribution < -0.4 is 0 Å². The molecule has 0 aliphatic carbocycles. The van der Waals surface area contributed by atoms with Crippen LogP contribution in [0, 0.1) is 12.8 Å². The number of rotatable bonds is 7. The van der Waals surface area contributed by atoms with Gasteiger partial charge in [-0.1, -0.05) is 26.8 Å². The van der Waals surface area contributed by atoms with E-state index in [0.717, 1.165) is 12.8 Å². The molecule has 1 unspecified atom stereocenters. The first-order valence-electron chi connectivity index (χ1n) is 10.2. The Morgan fingerprint density at radius 1 is 1.21 bits per heavy atom. The number of hydrogen-bond donors (Lipinski definition) is 0. The van der Waals surface area contributed by atoms with Crippen LogP contribution in [0.15, 0.2) is 23.1 Å². The summed E-state index contributed by atoms with van der Waals surface area (Å²) in [5, 5.41) is 0. The molecule has 29 heavy (non-hydrogen) atoms. The lowest BCUT2D eigenvalue weighted by Crippen LogP contribution is -2.44. The smallest absolute Gasteiger partial charge is 0.339 e. The Balaban J connectivity index is 2.17. The van der Waals surface area contributed by atoms with Gasteiger partial charge in [0.15, 0.2) is 6.10 Å². The highest BCUT2D eigenvalue weighted by atomic mass is 32.2. The summed E-state index contributed by atoms with van der Waals surface area (Å²) in [7, 11) is -3.69. The van der Waals surface area contributed by atoms with E-state index in [1.165, 1.54) is 16.4 Å². The highest BCUT2D eigenvalue weighted by Gasteiger charge is 2.28. The van der Waals surface area contributed by atoms with Crippen molar-refractivity contribution in [2.75, 3.05) is 26.2 Å². The van der Waals surface area contributed by atoms with E-state index in [1.807, 2.05) is 0 Å². The number of hydrogen-bond acceptors (Lipinski definition) is 5. The molecule has 1 heterocycles. The largest absolute Gasteiger partial charge is 0.449 e. The first kappa shape index (κ1) is 23.3. The van der Waals surface area contributed by atoms with E-state index in [9.17, 15) is 18.0 Å². The number of esters is 1. The molecular weight excluding hydrogens is 392 g/mol. The minimum absolute atomic E-state index is 0.0442. The molecule has 1 atom stereocenters. The summed E-state index contributed by atoms with van der Waals surface area (Å²) < 4.78 is 32.2. The Morgan fingerprint density at radius 2 is 1.79 bits per heavy atom. The molecule has 1 aromatic carbocycles. The number of benzene rings is 1. The monoisotopic (exact) mass is 424 g/mol. The second-order valence-corrected chi connectivity index (χ2v) is 9.56. The molecule has 0 spiro atoms. The average molecular weight is 425 g/mol. The van der Waals surface area contributed by atoms with Gasteiger partial charge in [-0.3, -0.25) is 4.79 Å². The number of likely N-dealkylation sites (tertiary alicyclic amines) is 1. The predicted octanol–water partition coefficient (Wildman–Crippen LogP) is 2.83. The Kier molecular flexibility index (Phi) is 7.82.